The third kappa shape index (κ3) is 7.49. The summed E-state index contributed by atoms with van der Waals surface area (Å²) in [5, 5.41) is 9.55. The molecule has 2 rings (SSSR count). The lowest BCUT2D eigenvalue weighted by Crippen LogP contribution is -2.41. The number of hydrogen-bond acceptors (Lipinski definition) is 3. The number of benzene rings is 1. The molecule has 146 valence electrons. The van der Waals surface area contributed by atoms with Crippen LogP contribution < -0.4 is 16.0 Å². The summed E-state index contributed by atoms with van der Waals surface area (Å²) in [6.45, 7) is 7.32. The van der Waals surface area contributed by atoms with Crippen LogP contribution in [-0.4, -0.2) is 45.2 Å². The molecule has 7 heteroatoms. The van der Waals surface area contributed by atoms with Crippen molar-refractivity contribution in [3.05, 3.63) is 29.8 Å². The van der Waals surface area contributed by atoms with E-state index < -0.39 is 0 Å². The van der Waals surface area contributed by atoms with Gasteiger partial charge >= 0.3 is 0 Å². The number of aliphatic imine (C=N–C) groups is 1. The Balaban J connectivity index is 0.00000338. The lowest BCUT2D eigenvalue weighted by Gasteiger charge is -2.26. The summed E-state index contributed by atoms with van der Waals surface area (Å²) in [5.74, 6) is 1.54. The summed E-state index contributed by atoms with van der Waals surface area (Å²) in [5.41, 5.74) is 2.09. The highest BCUT2D eigenvalue weighted by atomic mass is 127. The molecule has 0 saturated heterocycles. The monoisotopic (exact) mass is 474 g/mol. The Bertz CT molecular complexity index is 593. The van der Waals surface area contributed by atoms with Gasteiger partial charge in [-0.15, -0.1) is 24.0 Å². The molecule has 0 spiro atoms. The Morgan fingerprint density at radius 1 is 1.35 bits per heavy atom. The number of nitrogens with zero attached hydrogens (tertiary/aromatic N) is 1. The van der Waals surface area contributed by atoms with E-state index in [0.717, 1.165) is 37.8 Å². The number of carbonyl (C=O) groups is 1. The van der Waals surface area contributed by atoms with Crippen molar-refractivity contribution < 1.29 is 9.53 Å². The number of anilines is 1. The highest BCUT2D eigenvalue weighted by Gasteiger charge is 2.24. The minimum Gasteiger partial charge on any atom is -0.381 e. The van der Waals surface area contributed by atoms with Crippen LogP contribution in [0.5, 0.6) is 0 Å². The number of para-hydroxylation sites is 1. The van der Waals surface area contributed by atoms with Crippen LogP contribution in [-0.2, 0) is 9.53 Å². The second kappa shape index (κ2) is 12.1. The maximum Gasteiger partial charge on any atom is 0.225 e. The average Bonchev–Trinajstić information content (AvgIpc) is 2.59. The molecule has 1 heterocycles. The van der Waals surface area contributed by atoms with Crippen molar-refractivity contribution in [3.63, 3.8) is 0 Å². The van der Waals surface area contributed by atoms with Gasteiger partial charge in [-0.25, -0.2) is 0 Å². The van der Waals surface area contributed by atoms with Crippen molar-refractivity contribution in [2.45, 2.75) is 32.6 Å². The van der Waals surface area contributed by atoms with Gasteiger partial charge < -0.3 is 20.7 Å². The van der Waals surface area contributed by atoms with Crippen LogP contribution in [0.25, 0.3) is 0 Å². The third-order valence-corrected chi connectivity index (χ3v) is 4.06. The van der Waals surface area contributed by atoms with E-state index in [1.165, 1.54) is 5.56 Å². The van der Waals surface area contributed by atoms with Gasteiger partial charge in [0, 0.05) is 51.4 Å². The van der Waals surface area contributed by atoms with Crippen molar-refractivity contribution in [2.75, 3.05) is 38.7 Å². The van der Waals surface area contributed by atoms with Gasteiger partial charge in [0.15, 0.2) is 5.96 Å². The molecule has 0 saturated carbocycles. The van der Waals surface area contributed by atoms with Gasteiger partial charge in [0.05, 0.1) is 0 Å². The minimum atomic E-state index is 0. The first-order valence-corrected chi connectivity index (χ1v) is 9.01. The zero-order valence-electron chi connectivity index (χ0n) is 15.9. The topological polar surface area (TPSA) is 74.8 Å². The van der Waals surface area contributed by atoms with Crippen LogP contribution in [0.15, 0.2) is 29.3 Å². The molecule has 1 atom stereocenters. The lowest BCUT2D eigenvalue weighted by molar-refractivity contribution is -0.116. The maximum atomic E-state index is 11.9. The summed E-state index contributed by atoms with van der Waals surface area (Å²) in [7, 11) is 1.76. The number of carbonyl (C=O) groups excluding carboxylic acids is 1. The van der Waals surface area contributed by atoms with E-state index in [4.69, 9.17) is 4.74 Å². The number of rotatable bonds is 8. The van der Waals surface area contributed by atoms with E-state index in [1.54, 1.807) is 7.05 Å². The standard InChI is InChI=1S/C19H30N4O2.HI/c1-14(2)13-25-10-6-9-21-19(20-3)22-12-15-11-18(24)23-17-8-5-4-7-16(15)17;/h4-5,7-8,14-15H,6,9-13H2,1-3H3,(H,23,24)(H2,20,21,22);1H. The molecular weight excluding hydrogens is 443 g/mol. The van der Waals surface area contributed by atoms with Crippen molar-refractivity contribution in [3.8, 4) is 0 Å². The van der Waals surface area contributed by atoms with Crippen LogP contribution in [0.2, 0.25) is 0 Å². The molecule has 1 aromatic rings. The molecule has 0 bridgehead atoms. The molecular formula is C19H31IN4O2. The quantitative estimate of drug-likeness (QED) is 0.235. The molecule has 1 unspecified atom stereocenters. The van der Waals surface area contributed by atoms with Crippen molar-refractivity contribution >= 4 is 41.5 Å². The maximum absolute atomic E-state index is 11.9. The van der Waals surface area contributed by atoms with Crippen LogP contribution in [0.3, 0.4) is 0 Å². The zero-order chi connectivity index (χ0) is 18.1. The summed E-state index contributed by atoms with van der Waals surface area (Å²) in [4.78, 5) is 16.1. The highest BCUT2D eigenvalue weighted by Crippen LogP contribution is 2.31. The van der Waals surface area contributed by atoms with Crippen LogP contribution in [0, 0.1) is 5.92 Å². The molecule has 26 heavy (non-hydrogen) atoms. The third-order valence-electron chi connectivity index (χ3n) is 4.06. The van der Waals surface area contributed by atoms with Crippen molar-refractivity contribution in [1.29, 1.82) is 0 Å². The Morgan fingerprint density at radius 2 is 2.12 bits per heavy atom. The van der Waals surface area contributed by atoms with Gasteiger partial charge in [-0.3, -0.25) is 9.79 Å². The fraction of sp³-hybridized carbons (Fsp3) is 0.579. The summed E-state index contributed by atoms with van der Waals surface area (Å²) in [6.07, 6.45) is 1.42. The highest BCUT2D eigenvalue weighted by molar-refractivity contribution is 14.0. The fourth-order valence-corrected chi connectivity index (χ4v) is 2.82. The predicted molar refractivity (Wildman–Crippen MR) is 117 cm³/mol. The first-order valence-electron chi connectivity index (χ1n) is 9.01. The largest absolute Gasteiger partial charge is 0.381 e. The minimum absolute atomic E-state index is 0. The first-order chi connectivity index (χ1) is 12.1. The van der Waals surface area contributed by atoms with E-state index in [0.29, 0.717) is 18.9 Å². The Labute approximate surface area is 173 Å². The normalized spacial score (nSPS) is 16.5. The van der Waals surface area contributed by atoms with Gasteiger partial charge in [0.1, 0.15) is 0 Å². The zero-order valence-corrected chi connectivity index (χ0v) is 18.2. The van der Waals surface area contributed by atoms with Crippen molar-refractivity contribution in [1.82, 2.24) is 10.6 Å². The Hall–Kier alpha value is -1.35. The number of ether oxygens (including phenoxy) is 1. The predicted octanol–water partition coefficient (Wildman–Crippen LogP) is 2.96. The van der Waals surface area contributed by atoms with E-state index in [1.807, 2.05) is 18.2 Å². The van der Waals surface area contributed by atoms with Gasteiger partial charge in [0.25, 0.3) is 0 Å². The lowest BCUT2D eigenvalue weighted by atomic mass is 9.90. The number of halogens is 1. The molecule has 1 aliphatic rings. The molecule has 0 radical (unpaired) electrons. The number of fused-ring (bicyclic) bond motifs is 1. The van der Waals surface area contributed by atoms with E-state index >= 15 is 0 Å². The van der Waals surface area contributed by atoms with Crippen molar-refractivity contribution in [2.24, 2.45) is 10.9 Å². The average molecular weight is 474 g/mol. The molecule has 0 fully saturated rings. The Morgan fingerprint density at radius 3 is 2.85 bits per heavy atom. The Kier molecular flexibility index (Phi) is 10.6. The molecule has 1 amide bonds. The van der Waals surface area contributed by atoms with E-state index in [-0.39, 0.29) is 35.8 Å². The second-order valence-corrected chi connectivity index (χ2v) is 6.74. The number of nitrogens with one attached hydrogen (secondary N) is 3. The molecule has 1 aromatic carbocycles. The fourth-order valence-electron chi connectivity index (χ4n) is 2.82. The first kappa shape index (κ1) is 22.7. The molecule has 0 aromatic heterocycles. The van der Waals surface area contributed by atoms with Gasteiger partial charge in [-0.2, -0.15) is 0 Å². The summed E-state index contributed by atoms with van der Waals surface area (Å²) in [6, 6.07) is 7.97. The van der Waals surface area contributed by atoms with Crippen LogP contribution >= 0.6 is 24.0 Å². The second-order valence-electron chi connectivity index (χ2n) is 6.74. The molecule has 6 nitrogen and oxygen atoms in total. The van der Waals surface area contributed by atoms with E-state index in [2.05, 4.69) is 40.9 Å². The van der Waals surface area contributed by atoms with Gasteiger partial charge in [0.2, 0.25) is 5.91 Å². The molecule has 0 aliphatic carbocycles. The summed E-state index contributed by atoms with van der Waals surface area (Å²) >= 11 is 0. The summed E-state index contributed by atoms with van der Waals surface area (Å²) < 4.78 is 5.57. The molecule has 3 N–H and O–H groups in total. The van der Waals surface area contributed by atoms with Crippen LogP contribution in [0.4, 0.5) is 5.69 Å². The van der Waals surface area contributed by atoms with E-state index in [9.17, 15) is 4.79 Å². The number of guanidine groups is 1. The van der Waals surface area contributed by atoms with Crippen LogP contribution in [0.1, 0.15) is 38.2 Å². The van der Waals surface area contributed by atoms with Gasteiger partial charge in [-0.05, 0) is 24.0 Å². The number of amides is 1. The number of hydrogen-bond donors (Lipinski definition) is 3. The SMILES string of the molecule is CN=C(NCCCOCC(C)C)NCC1CC(=O)Nc2ccccc21.I. The smallest absolute Gasteiger partial charge is 0.225 e. The molecule has 1 aliphatic heterocycles. The van der Waals surface area contributed by atoms with Gasteiger partial charge in [-0.1, -0.05) is 32.0 Å².